The lowest BCUT2D eigenvalue weighted by atomic mass is 9.33. The molecule has 6 rings (SSSR count). The summed E-state index contributed by atoms with van der Waals surface area (Å²) in [5.74, 6) is -0.312. The third-order valence-corrected chi connectivity index (χ3v) is 15.3. The molecule has 5 aliphatic carbocycles. The molecule has 0 spiro atoms. The quantitative estimate of drug-likeness (QED) is 0.157. The van der Waals surface area contributed by atoms with Gasteiger partial charge in [-0.25, -0.2) is 0 Å². The lowest BCUT2D eigenvalue weighted by molar-refractivity contribution is -0.295. The standard InChI is InChI=1S/C36H58O11/c1-31(17-38)10-12-36(30(45)47-29-27(43)26(42)25(41)22(16-37)46-29)13-11-34(4)19(20(36)14-31)6-7-24-32(2)15-21(40)28(44)33(3,18-39)23(32)8-9-35(24,34)5/h21-29,37-44H,6-18H2,1-5H3/t21-,22-,23+,24-,25-,26+,27-,28+,29+,31+,32+,33+,34-,35-,36+/m1/s1. The highest BCUT2D eigenvalue weighted by atomic mass is 16.7. The number of carbonyl (C=O) groups is 1. The van der Waals surface area contributed by atoms with Crippen LogP contribution in [0.2, 0.25) is 0 Å². The largest absolute Gasteiger partial charge is 0.432 e. The average molecular weight is 667 g/mol. The number of ether oxygens (including phenoxy) is 2. The van der Waals surface area contributed by atoms with Crippen LogP contribution in [-0.2, 0) is 14.3 Å². The fourth-order valence-electron chi connectivity index (χ4n) is 12.2. The van der Waals surface area contributed by atoms with E-state index >= 15 is 0 Å². The molecule has 47 heavy (non-hydrogen) atoms. The molecule has 268 valence electrons. The molecule has 5 fully saturated rings. The molecular formula is C36H58O11. The van der Waals surface area contributed by atoms with Gasteiger partial charge in [0, 0.05) is 12.0 Å². The first-order valence-corrected chi connectivity index (χ1v) is 17.7. The highest BCUT2D eigenvalue weighted by Gasteiger charge is 2.70. The number of allylic oxidation sites excluding steroid dienone is 1. The molecular weight excluding hydrogens is 608 g/mol. The van der Waals surface area contributed by atoms with Crippen molar-refractivity contribution in [3.05, 3.63) is 11.1 Å². The van der Waals surface area contributed by atoms with Gasteiger partial charge in [0.1, 0.15) is 24.4 Å². The van der Waals surface area contributed by atoms with E-state index in [9.17, 15) is 45.6 Å². The number of carbonyl (C=O) groups excluding carboxylic acids is 1. The van der Waals surface area contributed by atoms with Gasteiger partial charge in [0.15, 0.2) is 0 Å². The minimum absolute atomic E-state index is 0.0298. The smallest absolute Gasteiger partial charge is 0.318 e. The maximum absolute atomic E-state index is 14.4. The zero-order valence-electron chi connectivity index (χ0n) is 28.7. The van der Waals surface area contributed by atoms with Gasteiger partial charge in [-0.2, -0.15) is 0 Å². The summed E-state index contributed by atoms with van der Waals surface area (Å²) in [7, 11) is 0. The predicted molar refractivity (Wildman–Crippen MR) is 169 cm³/mol. The molecule has 4 saturated carbocycles. The summed E-state index contributed by atoms with van der Waals surface area (Å²) in [6, 6.07) is 0. The van der Waals surface area contributed by atoms with Gasteiger partial charge in [0.25, 0.3) is 0 Å². The van der Waals surface area contributed by atoms with Gasteiger partial charge in [0.2, 0.25) is 6.29 Å². The second-order valence-electron chi connectivity index (χ2n) is 17.6. The summed E-state index contributed by atoms with van der Waals surface area (Å²) in [6.45, 7) is 10.0. The van der Waals surface area contributed by atoms with Crippen molar-refractivity contribution in [2.75, 3.05) is 19.8 Å². The summed E-state index contributed by atoms with van der Waals surface area (Å²) in [5, 5.41) is 84.3. The third kappa shape index (κ3) is 4.81. The van der Waals surface area contributed by atoms with Crippen LogP contribution < -0.4 is 0 Å². The number of rotatable bonds is 5. The van der Waals surface area contributed by atoms with Crippen molar-refractivity contribution in [2.45, 2.75) is 142 Å². The van der Waals surface area contributed by atoms with Crippen molar-refractivity contribution in [3.63, 3.8) is 0 Å². The molecule has 1 heterocycles. The van der Waals surface area contributed by atoms with Crippen molar-refractivity contribution in [1.82, 2.24) is 0 Å². The van der Waals surface area contributed by atoms with E-state index in [4.69, 9.17) is 9.47 Å². The Morgan fingerprint density at radius 1 is 0.809 bits per heavy atom. The average Bonchev–Trinajstić information content (AvgIpc) is 3.04. The molecule has 6 aliphatic rings. The summed E-state index contributed by atoms with van der Waals surface area (Å²) in [4.78, 5) is 14.4. The van der Waals surface area contributed by atoms with E-state index < -0.39 is 71.7 Å². The SMILES string of the molecule is C[C@]1(CO)CC[C@]2(C(=O)O[C@@H]3O[C@H](CO)[C@@H](O)[C@H](O)[C@H]3O)CC[C@]3(C)C(=C2C1)CC[C@@H]1[C@@]2(C)C[C@@H](O)[C@H](O)[C@@](C)(CO)[C@H]2CC[C@]13C. The zero-order chi connectivity index (χ0) is 34.5. The van der Waals surface area contributed by atoms with E-state index in [1.165, 1.54) is 5.57 Å². The Morgan fingerprint density at radius 2 is 1.49 bits per heavy atom. The second kappa shape index (κ2) is 11.7. The van der Waals surface area contributed by atoms with Crippen LogP contribution in [0.15, 0.2) is 11.1 Å². The third-order valence-electron chi connectivity index (χ3n) is 15.3. The Labute approximate surface area is 278 Å². The van der Waals surface area contributed by atoms with Crippen LogP contribution in [0.5, 0.6) is 0 Å². The second-order valence-corrected chi connectivity index (χ2v) is 17.6. The number of aliphatic hydroxyl groups is 8. The normalized spacial score (nSPS) is 54.5. The van der Waals surface area contributed by atoms with Gasteiger partial charge < -0.3 is 50.3 Å². The van der Waals surface area contributed by atoms with E-state index in [1.54, 1.807) is 0 Å². The number of aliphatic hydroxyl groups excluding tert-OH is 8. The van der Waals surface area contributed by atoms with Gasteiger partial charge in [-0.1, -0.05) is 45.8 Å². The lowest BCUT2D eigenvalue weighted by Gasteiger charge is -2.71. The van der Waals surface area contributed by atoms with Crippen LogP contribution in [0, 0.1) is 44.3 Å². The zero-order valence-corrected chi connectivity index (χ0v) is 28.7. The van der Waals surface area contributed by atoms with E-state index in [0.717, 1.165) is 31.3 Å². The van der Waals surface area contributed by atoms with Crippen molar-refractivity contribution in [3.8, 4) is 0 Å². The molecule has 0 amide bonds. The Morgan fingerprint density at radius 3 is 2.13 bits per heavy atom. The molecule has 11 nitrogen and oxygen atoms in total. The summed E-state index contributed by atoms with van der Waals surface area (Å²) >= 11 is 0. The van der Waals surface area contributed by atoms with Crippen LogP contribution in [0.3, 0.4) is 0 Å². The Balaban J connectivity index is 1.39. The van der Waals surface area contributed by atoms with E-state index in [2.05, 4.69) is 20.8 Å². The molecule has 0 aromatic heterocycles. The summed E-state index contributed by atoms with van der Waals surface area (Å²) < 4.78 is 11.5. The van der Waals surface area contributed by atoms with Crippen molar-refractivity contribution in [2.24, 2.45) is 44.3 Å². The van der Waals surface area contributed by atoms with Gasteiger partial charge in [-0.15, -0.1) is 0 Å². The van der Waals surface area contributed by atoms with E-state index in [0.29, 0.717) is 38.5 Å². The number of esters is 1. The number of hydrogen-bond acceptors (Lipinski definition) is 11. The van der Waals surface area contributed by atoms with Gasteiger partial charge in [-0.05, 0) is 97.7 Å². The van der Waals surface area contributed by atoms with Crippen molar-refractivity contribution < 1.29 is 55.1 Å². The summed E-state index contributed by atoms with van der Waals surface area (Å²) in [6.07, 6.45) is -3.09. The van der Waals surface area contributed by atoms with E-state index in [-0.39, 0.29) is 41.3 Å². The number of hydrogen-bond donors (Lipinski definition) is 8. The highest BCUT2D eigenvalue weighted by molar-refractivity contribution is 5.82. The van der Waals surface area contributed by atoms with Crippen molar-refractivity contribution >= 4 is 5.97 Å². The lowest BCUT2D eigenvalue weighted by Crippen LogP contribution is -2.68. The first-order chi connectivity index (χ1) is 21.9. The maximum Gasteiger partial charge on any atom is 0.318 e. The fourth-order valence-corrected chi connectivity index (χ4v) is 12.2. The highest BCUT2D eigenvalue weighted by Crippen LogP contribution is 2.75. The maximum atomic E-state index is 14.4. The molecule has 15 atom stereocenters. The molecule has 1 aliphatic heterocycles. The molecule has 0 bridgehead atoms. The molecule has 0 unspecified atom stereocenters. The molecule has 8 N–H and O–H groups in total. The Bertz CT molecular complexity index is 1270. The monoisotopic (exact) mass is 666 g/mol. The number of fused-ring (bicyclic) bond motifs is 6. The minimum Gasteiger partial charge on any atom is -0.432 e. The first-order valence-electron chi connectivity index (χ1n) is 17.7. The molecule has 0 aromatic rings. The topological polar surface area (TPSA) is 197 Å². The van der Waals surface area contributed by atoms with E-state index in [1.807, 2.05) is 13.8 Å². The molecule has 11 heteroatoms. The summed E-state index contributed by atoms with van der Waals surface area (Å²) in [5.41, 5.74) is -0.824. The predicted octanol–water partition coefficient (Wildman–Crippen LogP) is 1.55. The van der Waals surface area contributed by atoms with Gasteiger partial charge in [0.05, 0.1) is 30.8 Å². The minimum atomic E-state index is -1.69. The fraction of sp³-hybridized carbons (Fsp3) is 0.917. The van der Waals surface area contributed by atoms with Crippen LogP contribution in [0.25, 0.3) is 0 Å². The Hall–Kier alpha value is -1.15. The van der Waals surface area contributed by atoms with Crippen LogP contribution in [0.1, 0.15) is 98.8 Å². The van der Waals surface area contributed by atoms with Crippen LogP contribution in [-0.4, -0.2) is 110 Å². The van der Waals surface area contributed by atoms with Gasteiger partial charge in [-0.3, -0.25) is 4.79 Å². The van der Waals surface area contributed by atoms with Crippen LogP contribution in [0.4, 0.5) is 0 Å². The van der Waals surface area contributed by atoms with Crippen LogP contribution >= 0.6 is 0 Å². The first kappa shape index (κ1) is 35.7. The molecule has 0 radical (unpaired) electrons. The van der Waals surface area contributed by atoms with Gasteiger partial charge >= 0.3 is 5.97 Å². The Kier molecular flexibility index (Phi) is 8.88. The van der Waals surface area contributed by atoms with Crippen molar-refractivity contribution in [1.29, 1.82) is 0 Å². The molecule has 1 saturated heterocycles. The molecule has 0 aromatic carbocycles.